The number of benzene rings is 2. The third-order valence-electron chi connectivity index (χ3n) is 5.97. The molecule has 0 saturated heterocycles. The Balaban J connectivity index is 0.00000240. The van der Waals surface area contributed by atoms with Gasteiger partial charge in [0.25, 0.3) is 0 Å². The molecule has 0 saturated carbocycles. The van der Waals surface area contributed by atoms with E-state index in [-0.39, 0.29) is 53.1 Å². The van der Waals surface area contributed by atoms with Crippen LogP contribution in [0.15, 0.2) is 48.0 Å². The van der Waals surface area contributed by atoms with Gasteiger partial charge in [0.2, 0.25) is 0 Å². The third kappa shape index (κ3) is 7.54. The fourth-order valence-electron chi connectivity index (χ4n) is 4.30. The Bertz CT molecular complexity index is 855. The molecule has 2 aromatic carbocycles. The van der Waals surface area contributed by atoms with Crippen molar-refractivity contribution in [1.29, 1.82) is 0 Å². The van der Waals surface area contributed by atoms with Crippen molar-refractivity contribution >= 4 is 25.3 Å². The molecule has 0 heterocycles. The molecule has 1 aliphatic carbocycles. The summed E-state index contributed by atoms with van der Waals surface area (Å²) in [5.41, 5.74) is 7.85. The molecule has 0 fully saturated rings. The zero-order chi connectivity index (χ0) is 21.0. The molecule has 0 spiro atoms. The van der Waals surface area contributed by atoms with Crippen LogP contribution < -0.4 is 30.0 Å². The van der Waals surface area contributed by atoms with Crippen LogP contribution in [-0.2, 0) is 22.4 Å². The van der Waals surface area contributed by atoms with Crippen LogP contribution in [0.25, 0.3) is 17.2 Å². The first-order valence-corrected chi connectivity index (χ1v) is 22.4. The van der Waals surface area contributed by atoms with E-state index in [1.165, 1.54) is 43.2 Å². The molecule has 167 valence electrons. The molecule has 0 nitrogen and oxygen atoms in total. The molecule has 1 atom stereocenters. The maximum Gasteiger partial charge on any atom is -1.00 e. The Morgan fingerprint density at radius 3 is 2.16 bits per heavy atom. The van der Waals surface area contributed by atoms with Gasteiger partial charge in [-0.2, -0.15) is 0 Å². The van der Waals surface area contributed by atoms with Crippen molar-refractivity contribution in [3.05, 3.63) is 59.2 Å². The topological polar surface area (TPSA) is 0 Å². The van der Waals surface area contributed by atoms with Crippen LogP contribution in [0.3, 0.4) is 0 Å². The van der Waals surface area contributed by atoms with E-state index in [4.69, 9.17) is 0 Å². The molecule has 31 heavy (non-hydrogen) atoms. The van der Waals surface area contributed by atoms with Gasteiger partial charge in [-0.25, -0.2) is 0 Å². The number of hydrogen-bond acceptors (Lipinski definition) is 0. The van der Waals surface area contributed by atoms with Gasteiger partial charge >= 0.3 is 193 Å². The molecule has 0 N–H and O–H groups in total. The van der Waals surface area contributed by atoms with Crippen LogP contribution in [0, 0.1) is 0 Å². The van der Waals surface area contributed by atoms with Gasteiger partial charge in [0.15, 0.2) is 0 Å². The van der Waals surface area contributed by atoms with Gasteiger partial charge in [0, 0.05) is 0 Å². The van der Waals surface area contributed by atoms with E-state index in [0.717, 1.165) is 3.63 Å². The van der Waals surface area contributed by atoms with E-state index in [1.807, 2.05) is 0 Å². The van der Waals surface area contributed by atoms with E-state index < -0.39 is 8.07 Å². The molecular weight excluding hydrogens is 531 g/mol. The first-order chi connectivity index (χ1) is 13.8. The number of halogens is 2. The minimum atomic E-state index is -1.24. The van der Waals surface area contributed by atoms with Gasteiger partial charge in [0.05, 0.1) is 0 Å². The van der Waals surface area contributed by atoms with Crippen molar-refractivity contribution < 1.29 is 47.2 Å². The minimum Gasteiger partial charge on any atom is -1.00 e. The van der Waals surface area contributed by atoms with Crippen LogP contribution in [0.4, 0.5) is 0 Å². The summed E-state index contributed by atoms with van der Waals surface area (Å²) in [7, 11) is -1.24. The summed E-state index contributed by atoms with van der Waals surface area (Å²) in [5, 5.41) is 1.55. The predicted molar refractivity (Wildman–Crippen MR) is 132 cm³/mol. The van der Waals surface area contributed by atoms with Crippen LogP contribution in [0.5, 0.6) is 0 Å². The summed E-state index contributed by atoms with van der Waals surface area (Å²) in [6.07, 6.45) is 9.41. The largest absolute Gasteiger partial charge is 1.00 e. The molecule has 1 unspecified atom stereocenters. The van der Waals surface area contributed by atoms with Crippen molar-refractivity contribution in [3.63, 3.8) is 0 Å². The van der Waals surface area contributed by atoms with E-state index >= 15 is 0 Å². The molecule has 5 heteroatoms. The van der Waals surface area contributed by atoms with Gasteiger partial charge < -0.3 is 24.8 Å². The van der Waals surface area contributed by atoms with Crippen molar-refractivity contribution in [1.82, 2.24) is 0 Å². The maximum absolute atomic E-state index is 2.61. The summed E-state index contributed by atoms with van der Waals surface area (Å²) in [6.45, 7) is 14.7. The fourth-order valence-corrected chi connectivity index (χ4v) is 14.3. The zero-order valence-corrected chi connectivity index (χ0v) is 26.0. The number of hydrogen-bond donors (Lipinski definition) is 0. The van der Waals surface area contributed by atoms with Gasteiger partial charge in [-0.15, -0.1) is 0 Å². The summed E-state index contributed by atoms with van der Waals surface area (Å²) in [4.78, 5) is 0. The second kappa shape index (κ2) is 13.1. The monoisotopic (exact) mass is 565 g/mol. The van der Waals surface area contributed by atoms with Crippen molar-refractivity contribution in [3.8, 4) is 11.1 Å². The smallest absolute Gasteiger partial charge is 1.00 e. The number of allylic oxidation sites excluding steroid dienone is 1. The first-order valence-electron chi connectivity index (χ1n) is 11.3. The summed E-state index contributed by atoms with van der Waals surface area (Å²) >= 11 is -0.374. The standard InChI is InChI=1S/C24H31Si.C2H6Si.2ClH.Zr/c1-5-6-7-8-10-19-17-21-11-9-12-23(24(21)18-19)20-13-15-22(16-14-20)25(2,3)4;1-3-2;;;/h9,11-18H,5-8,10H2,1-4H3;1-2H3;2*1H;/q;;;;+2/p-2. The maximum atomic E-state index is 2.61. The summed E-state index contributed by atoms with van der Waals surface area (Å²) < 4.78 is 0.834. The van der Waals surface area contributed by atoms with Crippen LogP contribution in [0.1, 0.15) is 53.8 Å². The normalized spacial score (nSPS) is 14.9. The van der Waals surface area contributed by atoms with E-state index in [0.29, 0.717) is 0 Å². The van der Waals surface area contributed by atoms with Crippen molar-refractivity contribution in [2.24, 2.45) is 0 Å². The number of unbranched alkanes of at least 4 members (excludes halogenated alkanes) is 3. The molecule has 2 aromatic rings. The second-order valence-corrected chi connectivity index (χ2v) is 28.0. The zero-order valence-electron chi connectivity index (χ0n) is 20.0. The SMILES string of the molecule is CCCCCCC1=Cc2c(-c3ccc([Si](C)(C)C)cc3)cccc2[CH]1[Zr+2][Si](C)C.[Cl-].[Cl-]. The van der Waals surface area contributed by atoms with Gasteiger partial charge in [0.1, 0.15) is 0 Å². The van der Waals surface area contributed by atoms with Gasteiger partial charge in [-0.1, -0.05) is 0 Å². The molecule has 0 amide bonds. The molecule has 0 aliphatic heterocycles. The van der Waals surface area contributed by atoms with Gasteiger partial charge in [-0.05, 0) is 0 Å². The molecule has 3 rings (SSSR count). The quantitative estimate of drug-likeness (QED) is 0.320. The Labute approximate surface area is 216 Å². The third-order valence-corrected chi connectivity index (χ3v) is 17.0. The first kappa shape index (κ1) is 29.1. The second-order valence-electron chi connectivity index (χ2n) is 9.74. The average molecular weight is 568 g/mol. The summed E-state index contributed by atoms with van der Waals surface area (Å²) in [6, 6.07) is 16.6. The number of fused-ring (bicyclic) bond motifs is 1. The Morgan fingerprint density at radius 1 is 0.903 bits per heavy atom. The Morgan fingerprint density at radius 2 is 1.58 bits per heavy atom. The Kier molecular flexibility index (Phi) is 12.3. The fraction of sp³-hybridized carbons (Fsp3) is 0.462. The van der Waals surface area contributed by atoms with Crippen LogP contribution in [-0.4, -0.2) is 14.0 Å². The molecule has 1 radical (unpaired) electrons. The van der Waals surface area contributed by atoms with Crippen molar-refractivity contribution in [2.45, 2.75) is 75.4 Å². The predicted octanol–water partition coefficient (Wildman–Crippen LogP) is 1.65. The summed E-state index contributed by atoms with van der Waals surface area (Å²) in [5.74, 6) is -0.0909. The van der Waals surface area contributed by atoms with E-state index in [9.17, 15) is 0 Å². The molecular formula is C26H37Cl2Si2Zr. The average Bonchev–Trinajstić information content (AvgIpc) is 3.02. The molecule has 0 aromatic heterocycles. The van der Waals surface area contributed by atoms with Crippen LogP contribution in [0.2, 0.25) is 32.7 Å². The van der Waals surface area contributed by atoms with Crippen molar-refractivity contribution in [2.75, 3.05) is 0 Å². The van der Waals surface area contributed by atoms with E-state index in [1.54, 1.807) is 21.9 Å². The molecule has 1 aliphatic rings. The Hall–Kier alpha value is 0.0769. The van der Waals surface area contributed by atoms with Gasteiger partial charge in [-0.3, -0.25) is 0 Å². The molecule has 0 bridgehead atoms. The van der Waals surface area contributed by atoms with Crippen LogP contribution >= 0.6 is 0 Å². The van der Waals surface area contributed by atoms with E-state index in [2.05, 4.69) is 88.2 Å². The number of rotatable bonds is 9. The minimum absolute atomic E-state index is 0.